The highest BCUT2D eigenvalue weighted by molar-refractivity contribution is 5.97. The van der Waals surface area contributed by atoms with Crippen molar-refractivity contribution in [1.82, 2.24) is 30.6 Å². The maximum Gasteiger partial charge on any atom is 0.254 e. The molecule has 1 aromatic heterocycles. The van der Waals surface area contributed by atoms with Gasteiger partial charge in [-0.1, -0.05) is 12.1 Å². The fraction of sp³-hybridized carbons (Fsp3) is 0.400. The van der Waals surface area contributed by atoms with Crippen LogP contribution in [0.3, 0.4) is 0 Å². The monoisotopic (exact) mass is 397 g/mol. The van der Waals surface area contributed by atoms with E-state index in [1.807, 2.05) is 36.9 Å². The van der Waals surface area contributed by atoms with E-state index in [0.717, 1.165) is 17.8 Å². The number of amides is 2. The van der Waals surface area contributed by atoms with Crippen molar-refractivity contribution in [3.05, 3.63) is 53.3 Å². The molecular weight excluding hydrogens is 370 g/mol. The second-order valence-electron chi connectivity index (χ2n) is 6.77. The van der Waals surface area contributed by atoms with Crippen molar-refractivity contribution >= 4 is 17.8 Å². The first-order chi connectivity index (χ1) is 14.1. The topological polar surface area (TPSA) is 104 Å². The molecule has 0 radical (unpaired) electrons. The van der Waals surface area contributed by atoms with Crippen LogP contribution in [0.25, 0.3) is 0 Å². The Morgan fingerprint density at radius 2 is 2.03 bits per heavy atom. The average molecular weight is 397 g/mol. The smallest absolute Gasteiger partial charge is 0.254 e. The van der Waals surface area contributed by atoms with Gasteiger partial charge in [0.2, 0.25) is 5.91 Å². The normalized spacial score (nSPS) is 14.5. The Labute approximate surface area is 170 Å². The van der Waals surface area contributed by atoms with E-state index in [-0.39, 0.29) is 18.4 Å². The average Bonchev–Trinajstić information content (AvgIpc) is 3.14. The predicted octanol–water partition coefficient (Wildman–Crippen LogP) is 0.247. The molecule has 1 aliphatic rings. The van der Waals surface area contributed by atoms with Crippen molar-refractivity contribution in [2.24, 2.45) is 12.0 Å². The Kier molecular flexibility index (Phi) is 6.83. The van der Waals surface area contributed by atoms with E-state index >= 15 is 0 Å². The maximum atomic E-state index is 12.5. The number of hydrogen-bond acceptors (Lipinski definition) is 4. The van der Waals surface area contributed by atoms with Crippen LogP contribution in [0.15, 0.2) is 41.5 Å². The molecule has 0 atom stereocenters. The van der Waals surface area contributed by atoms with Crippen LogP contribution in [0.1, 0.15) is 28.5 Å². The van der Waals surface area contributed by atoms with Crippen molar-refractivity contribution in [1.29, 1.82) is 0 Å². The summed E-state index contributed by atoms with van der Waals surface area (Å²) in [6.07, 6.45) is 1.76. The predicted molar refractivity (Wildman–Crippen MR) is 110 cm³/mol. The molecule has 3 N–H and O–H groups in total. The second-order valence-corrected chi connectivity index (χ2v) is 6.77. The fourth-order valence-electron chi connectivity index (χ4n) is 3.01. The molecule has 9 heteroatoms. The molecular formula is C20H27N7O2. The maximum absolute atomic E-state index is 12.5. The third-order valence-electron chi connectivity index (χ3n) is 4.65. The standard InChI is InChI=1S/C20H27N7O2/c1-3-21-20(24-13-17-8-9-25-26(17)2)23-12-15-4-6-16(7-5-15)19(29)27-11-10-22-18(28)14-27/h4-9H,3,10-14H2,1-2H3,(H,22,28)(H2,21,23,24). The number of piperazine rings is 1. The van der Waals surface area contributed by atoms with Gasteiger partial charge >= 0.3 is 0 Å². The summed E-state index contributed by atoms with van der Waals surface area (Å²) in [4.78, 5) is 30.2. The van der Waals surface area contributed by atoms with Crippen LogP contribution in [0.5, 0.6) is 0 Å². The Morgan fingerprint density at radius 1 is 1.24 bits per heavy atom. The zero-order chi connectivity index (χ0) is 20.6. The number of benzene rings is 1. The SMILES string of the molecule is CCNC(=NCc1ccc(C(=O)N2CCNC(=O)C2)cc1)NCc1ccnn1C. The molecule has 2 heterocycles. The highest BCUT2D eigenvalue weighted by atomic mass is 16.2. The zero-order valence-electron chi connectivity index (χ0n) is 16.8. The lowest BCUT2D eigenvalue weighted by atomic mass is 10.1. The summed E-state index contributed by atoms with van der Waals surface area (Å²) in [7, 11) is 1.90. The Balaban J connectivity index is 1.58. The lowest BCUT2D eigenvalue weighted by Gasteiger charge is -2.26. The first-order valence-electron chi connectivity index (χ1n) is 9.70. The molecule has 0 spiro atoms. The van der Waals surface area contributed by atoms with E-state index in [2.05, 4.69) is 26.0 Å². The van der Waals surface area contributed by atoms with Gasteiger partial charge in [0.25, 0.3) is 5.91 Å². The largest absolute Gasteiger partial charge is 0.357 e. The van der Waals surface area contributed by atoms with Crippen LogP contribution >= 0.6 is 0 Å². The third-order valence-corrected chi connectivity index (χ3v) is 4.65. The van der Waals surface area contributed by atoms with Gasteiger partial charge in [-0.3, -0.25) is 14.3 Å². The van der Waals surface area contributed by atoms with Gasteiger partial charge in [0, 0.05) is 38.4 Å². The Bertz CT molecular complexity index is 873. The second kappa shape index (κ2) is 9.72. The number of nitrogens with zero attached hydrogens (tertiary/aromatic N) is 4. The molecule has 0 aliphatic carbocycles. The molecule has 3 rings (SSSR count). The number of rotatable bonds is 6. The number of guanidine groups is 1. The summed E-state index contributed by atoms with van der Waals surface area (Å²) in [5, 5.41) is 13.4. The molecule has 1 saturated heterocycles. The van der Waals surface area contributed by atoms with Crippen molar-refractivity contribution in [3.8, 4) is 0 Å². The molecule has 0 unspecified atom stereocenters. The highest BCUT2D eigenvalue weighted by Crippen LogP contribution is 2.10. The van der Waals surface area contributed by atoms with E-state index in [9.17, 15) is 9.59 Å². The zero-order valence-corrected chi connectivity index (χ0v) is 16.8. The van der Waals surface area contributed by atoms with Crippen LogP contribution in [-0.2, 0) is 24.9 Å². The van der Waals surface area contributed by atoms with E-state index in [1.165, 1.54) is 0 Å². The molecule has 0 bridgehead atoms. The van der Waals surface area contributed by atoms with Crippen molar-refractivity contribution in [2.45, 2.75) is 20.0 Å². The number of aliphatic imine (C=N–C) groups is 1. The quantitative estimate of drug-likeness (QED) is 0.479. The molecule has 29 heavy (non-hydrogen) atoms. The molecule has 9 nitrogen and oxygen atoms in total. The fourth-order valence-corrected chi connectivity index (χ4v) is 3.01. The summed E-state index contributed by atoms with van der Waals surface area (Å²) in [6, 6.07) is 9.32. The van der Waals surface area contributed by atoms with Crippen LogP contribution < -0.4 is 16.0 Å². The van der Waals surface area contributed by atoms with Crippen LogP contribution in [0.2, 0.25) is 0 Å². The van der Waals surface area contributed by atoms with Gasteiger partial charge in [-0.25, -0.2) is 4.99 Å². The molecule has 154 valence electrons. The Morgan fingerprint density at radius 3 is 2.69 bits per heavy atom. The number of hydrogen-bond donors (Lipinski definition) is 3. The first-order valence-corrected chi connectivity index (χ1v) is 9.70. The van der Waals surface area contributed by atoms with Crippen LogP contribution in [0.4, 0.5) is 0 Å². The first kappa shape index (κ1) is 20.4. The summed E-state index contributed by atoms with van der Waals surface area (Å²) < 4.78 is 1.82. The summed E-state index contributed by atoms with van der Waals surface area (Å²) >= 11 is 0. The van der Waals surface area contributed by atoms with E-state index < -0.39 is 0 Å². The number of carbonyl (C=O) groups is 2. The van der Waals surface area contributed by atoms with Gasteiger partial charge in [0.15, 0.2) is 5.96 Å². The van der Waals surface area contributed by atoms with Crippen molar-refractivity contribution in [2.75, 3.05) is 26.2 Å². The lowest BCUT2D eigenvalue weighted by Crippen LogP contribution is -2.49. The van der Waals surface area contributed by atoms with Crippen LogP contribution in [0, 0.1) is 0 Å². The molecule has 1 aliphatic heterocycles. The van der Waals surface area contributed by atoms with Gasteiger partial charge in [0.1, 0.15) is 0 Å². The van der Waals surface area contributed by atoms with E-state index in [1.54, 1.807) is 23.2 Å². The van der Waals surface area contributed by atoms with Crippen molar-refractivity contribution in [3.63, 3.8) is 0 Å². The van der Waals surface area contributed by atoms with Gasteiger partial charge < -0.3 is 20.9 Å². The number of aromatic nitrogens is 2. The Hall–Kier alpha value is -3.36. The van der Waals surface area contributed by atoms with Crippen molar-refractivity contribution < 1.29 is 9.59 Å². The van der Waals surface area contributed by atoms with E-state index in [0.29, 0.717) is 37.7 Å². The molecule has 2 amide bonds. The summed E-state index contributed by atoms with van der Waals surface area (Å²) in [5.41, 5.74) is 2.63. The molecule has 0 saturated carbocycles. The summed E-state index contributed by atoms with van der Waals surface area (Å²) in [6.45, 7) is 5.03. The van der Waals surface area contributed by atoms with Gasteiger partial charge in [-0.15, -0.1) is 0 Å². The third kappa shape index (κ3) is 5.56. The van der Waals surface area contributed by atoms with Gasteiger partial charge in [-0.05, 0) is 30.7 Å². The number of nitrogens with one attached hydrogen (secondary N) is 3. The molecule has 2 aromatic rings. The lowest BCUT2D eigenvalue weighted by molar-refractivity contribution is -0.123. The van der Waals surface area contributed by atoms with Gasteiger partial charge in [-0.2, -0.15) is 5.10 Å². The van der Waals surface area contributed by atoms with Crippen LogP contribution in [-0.4, -0.2) is 58.6 Å². The highest BCUT2D eigenvalue weighted by Gasteiger charge is 2.22. The number of aryl methyl sites for hydroxylation is 1. The molecule has 1 fully saturated rings. The molecule has 1 aromatic carbocycles. The minimum absolute atomic E-state index is 0.110. The summed E-state index contributed by atoms with van der Waals surface area (Å²) in [5.74, 6) is 0.472. The number of carbonyl (C=O) groups excluding carboxylic acids is 2. The van der Waals surface area contributed by atoms with E-state index in [4.69, 9.17) is 0 Å². The van der Waals surface area contributed by atoms with Gasteiger partial charge in [0.05, 0.1) is 25.3 Å². The minimum atomic E-state index is -0.124. The minimum Gasteiger partial charge on any atom is -0.357 e.